The number of aromatic nitrogens is 1. The Bertz CT molecular complexity index is 952. The lowest BCUT2D eigenvalue weighted by molar-refractivity contribution is -0.140. The molecule has 0 spiro atoms. The third-order valence-corrected chi connectivity index (χ3v) is 6.57. The van der Waals surface area contributed by atoms with E-state index in [1.165, 1.54) is 6.42 Å². The fourth-order valence-electron chi connectivity index (χ4n) is 5.38. The van der Waals surface area contributed by atoms with Crippen LogP contribution in [0.25, 0.3) is 10.9 Å². The number of hydrogen-bond acceptors (Lipinski definition) is 3. The van der Waals surface area contributed by atoms with Gasteiger partial charge in [-0.2, -0.15) is 10.1 Å². The summed E-state index contributed by atoms with van der Waals surface area (Å²) < 4.78 is 0. The van der Waals surface area contributed by atoms with E-state index in [0.29, 0.717) is 11.8 Å². The number of H-pyrrole nitrogens is 1. The highest BCUT2D eigenvalue weighted by Crippen LogP contribution is 2.65. The largest absolute Gasteiger partial charge is 0.361 e. The lowest BCUT2D eigenvalue weighted by Gasteiger charge is -2.37. The van der Waals surface area contributed by atoms with Crippen molar-refractivity contribution in [3.05, 3.63) is 48.2 Å². The summed E-state index contributed by atoms with van der Waals surface area (Å²) in [6.45, 7) is 0. The zero-order valence-corrected chi connectivity index (χ0v) is 13.5. The number of allylic oxidation sites excluding steroid dienone is 2. The van der Waals surface area contributed by atoms with Crippen LogP contribution in [0.5, 0.6) is 0 Å². The van der Waals surface area contributed by atoms with Crippen LogP contribution in [0.4, 0.5) is 0 Å². The van der Waals surface area contributed by atoms with Gasteiger partial charge >= 0.3 is 0 Å². The van der Waals surface area contributed by atoms with Crippen LogP contribution in [-0.4, -0.2) is 28.0 Å². The zero-order chi connectivity index (χ0) is 16.7. The zero-order valence-electron chi connectivity index (χ0n) is 13.5. The predicted molar refractivity (Wildman–Crippen MR) is 92.4 cm³/mol. The molecular formula is C20H17N3O2. The number of nitrogens with zero attached hydrogens (tertiary/aromatic N) is 2. The van der Waals surface area contributed by atoms with Gasteiger partial charge in [0, 0.05) is 22.7 Å². The standard InChI is InChI=1S/C20H17N3O2/c24-19-17-12-5-6-13(15-7-14(12)15)18(17)20(25)23(19)22-9-10-8-21-16-4-2-1-3-11(10)16/h1-6,8-9,12-15,17-18,21H,7H2/b22-9-/t12-,13-,14-,15+,17+,18+/m0/s1. The fourth-order valence-corrected chi connectivity index (χ4v) is 5.38. The maximum absolute atomic E-state index is 12.9. The number of carbonyl (C=O) groups excluding carboxylic acids is 2. The van der Waals surface area contributed by atoms with Crippen LogP contribution >= 0.6 is 0 Å². The van der Waals surface area contributed by atoms with Gasteiger partial charge in [-0.15, -0.1) is 0 Å². The van der Waals surface area contributed by atoms with Crippen molar-refractivity contribution >= 4 is 28.9 Å². The maximum atomic E-state index is 12.9. The van der Waals surface area contributed by atoms with E-state index in [1.807, 2.05) is 30.5 Å². The molecule has 1 aromatic carbocycles. The number of hydrogen-bond donors (Lipinski definition) is 1. The number of imide groups is 1. The molecule has 1 aliphatic heterocycles. The van der Waals surface area contributed by atoms with Crippen molar-refractivity contribution in [2.75, 3.05) is 0 Å². The van der Waals surface area contributed by atoms with Gasteiger partial charge in [0.1, 0.15) is 0 Å². The number of para-hydroxylation sites is 1. The first-order valence-electron chi connectivity index (χ1n) is 8.90. The van der Waals surface area contributed by atoms with Gasteiger partial charge in [-0.3, -0.25) is 9.59 Å². The van der Waals surface area contributed by atoms with E-state index < -0.39 is 0 Å². The van der Waals surface area contributed by atoms with Gasteiger partial charge in [-0.1, -0.05) is 30.4 Å². The van der Waals surface area contributed by atoms with Crippen molar-refractivity contribution in [2.45, 2.75) is 6.42 Å². The average molecular weight is 331 g/mol. The summed E-state index contributed by atoms with van der Waals surface area (Å²) in [5.74, 6) is 1.11. The van der Waals surface area contributed by atoms with E-state index in [1.54, 1.807) is 6.21 Å². The predicted octanol–water partition coefficient (Wildman–Crippen LogP) is 2.55. The topological polar surface area (TPSA) is 65.5 Å². The number of benzene rings is 1. The summed E-state index contributed by atoms with van der Waals surface area (Å²) in [4.78, 5) is 28.9. The minimum Gasteiger partial charge on any atom is -0.361 e. The summed E-state index contributed by atoms with van der Waals surface area (Å²) in [6.07, 6.45) is 9.01. The van der Waals surface area contributed by atoms with E-state index in [4.69, 9.17) is 0 Å². The molecule has 5 nitrogen and oxygen atoms in total. The molecule has 1 N–H and O–H groups in total. The van der Waals surface area contributed by atoms with E-state index in [-0.39, 0.29) is 35.5 Å². The first kappa shape index (κ1) is 13.6. The summed E-state index contributed by atoms with van der Waals surface area (Å²) in [5, 5.41) is 6.47. The Morgan fingerprint density at radius 1 is 1.04 bits per heavy atom. The second kappa shape index (κ2) is 4.48. The molecule has 0 unspecified atom stereocenters. The first-order valence-corrected chi connectivity index (χ1v) is 8.90. The van der Waals surface area contributed by atoms with Crippen molar-refractivity contribution in [3.8, 4) is 0 Å². The van der Waals surface area contributed by atoms with Crippen LogP contribution in [0.1, 0.15) is 12.0 Å². The fraction of sp³-hybridized carbons (Fsp3) is 0.350. The maximum Gasteiger partial charge on any atom is 0.254 e. The van der Waals surface area contributed by atoms with Crippen molar-refractivity contribution < 1.29 is 9.59 Å². The Labute approximate surface area is 144 Å². The summed E-state index contributed by atoms with van der Waals surface area (Å²) in [6, 6.07) is 7.91. The van der Waals surface area contributed by atoms with E-state index in [9.17, 15) is 9.59 Å². The number of carbonyl (C=O) groups is 2. The molecular weight excluding hydrogens is 314 g/mol. The average Bonchev–Trinajstić information content (AvgIpc) is 3.31. The Morgan fingerprint density at radius 2 is 1.72 bits per heavy atom. The van der Waals surface area contributed by atoms with Crippen molar-refractivity contribution in [1.82, 2.24) is 9.99 Å². The van der Waals surface area contributed by atoms with Gasteiger partial charge in [-0.25, -0.2) is 0 Å². The van der Waals surface area contributed by atoms with Crippen molar-refractivity contribution in [1.29, 1.82) is 0 Å². The molecule has 5 heteroatoms. The number of hydrazone groups is 1. The van der Waals surface area contributed by atoms with Crippen LogP contribution < -0.4 is 0 Å². The Hall–Kier alpha value is -2.69. The summed E-state index contributed by atoms with van der Waals surface area (Å²) in [5.41, 5.74) is 1.90. The quantitative estimate of drug-likeness (QED) is 0.522. The second-order valence-corrected chi connectivity index (χ2v) is 7.68. The lowest BCUT2D eigenvalue weighted by Crippen LogP contribution is -2.40. The molecule has 1 saturated heterocycles. The van der Waals surface area contributed by atoms with Gasteiger partial charge in [0.25, 0.3) is 11.8 Å². The Balaban J connectivity index is 1.35. The highest BCUT2D eigenvalue weighted by molar-refractivity contribution is 6.07. The van der Waals surface area contributed by atoms with Crippen LogP contribution in [0.2, 0.25) is 0 Å². The van der Waals surface area contributed by atoms with Crippen molar-refractivity contribution in [2.24, 2.45) is 40.6 Å². The number of amides is 2. The monoisotopic (exact) mass is 331 g/mol. The summed E-state index contributed by atoms with van der Waals surface area (Å²) in [7, 11) is 0. The Morgan fingerprint density at radius 3 is 2.44 bits per heavy atom. The molecule has 7 rings (SSSR count). The molecule has 5 aliphatic rings. The van der Waals surface area contributed by atoms with E-state index in [2.05, 4.69) is 22.2 Å². The third-order valence-electron chi connectivity index (χ3n) is 6.57. The molecule has 2 bridgehead atoms. The number of fused-ring (bicyclic) bond motifs is 1. The third kappa shape index (κ3) is 1.65. The molecule has 2 aromatic rings. The Kier molecular flexibility index (Phi) is 2.43. The summed E-state index contributed by atoms with van der Waals surface area (Å²) >= 11 is 0. The van der Waals surface area contributed by atoms with Gasteiger partial charge in [0.05, 0.1) is 18.1 Å². The van der Waals surface area contributed by atoms with Crippen LogP contribution in [0, 0.1) is 35.5 Å². The molecule has 2 amide bonds. The smallest absolute Gasteiger partial charge is 0.254 e. The number of rotatable bonds is 2. The SMILES string of the molecule is O=C1[C@@H]2[C@H]3C=C[C@@H]([C@@H]4C[C@H]34)[C@H]2C(=O)N1/N=C\c1c[nH]c2ccccc12. The second-order valence-electron chi connectivity index (χ2n) is 7.68. The number of nitrogens with one attached hydrogen (secondary N) is 1. The molecule has 1 aromatic heterocycles. The lowest BCUT2D eigenvalue weighted by atomic mass is 9.63. The van der Waals surface area contributed by atoms with E-state index in [0.717, 1.165) is 21.5 Å². The van der Waals surface area contributed by atoms with Crippen LogP contribution in [0.15, 0.2) is 47.7 Å². The molecule has 2 saturated carbocycles. The number of aromatic amines is 1. The highest BCUT2D eigenvalue weighted by atomic mass is 16.2. The van der Waals surface area contributed by atoms with Crippen LogP contribution in [0.3, 0.4) is 0 Å². The minimum atomic E-state index is -0.189. The van der Waals surface area contributed by atoms with E-state index >= 15 is 0 Å². The van der Waals surface area contributed by atoms with Gasteiger partial charge < -0.3 is 4.98 Å². The van der Waals surface area contributed by atoms with Gasteiger partial charge in [-0.05, 0) is 36.2 Å². The molecule has 3 fully saturated rings. The minimum absolute atomic E-state index is 0.115. The first-order chi connectivity index (χ1) is 12.2. The molecule has 0 radical (unpaired) electrons. The molecule has 2 heterocycles. The highest BCUT2D eigenvalue weighted by Gasteiger charge is 2.67. The normalized spacial score (nSPS) is 38.0. The molecule has 6 atom stereocenters. The molecule has 4 aliphatic carbocycles. The van der Waals surface area contributed by atoms with Crippen molar-refractivity contribution in [3.63, 3.8) is 0 Å². The van der Waals surface area contributed by atoms with Crippen LogP contribution in [-0.2, 0) is 9.59 Å². The van der Waals surface area contributed by atoms with Gasteiger partial charge in [0.2, 0.25) is 0 Å². The molecule has 124 valence electrons. The van der Waals surface area contributed by atoms with Gasteiger partial charge in [0.15, 0.2) is 0 Å². The molecule has 25 heavy (non-hydrogen) atoms.